The van der Waals surface area contributed by atoms with Crippen molar-refractivity contribution in [3.63, 3.8) is 0 Å². The molecule has 2 atom stereocenters. The number of carboxylic acid groups (broad SMARTS) is 1. The molecule has 0 radical (unpaired) electrons. The molecule has 1 saturated heterocycles. The van der Waals surface area contributed by atoms with Gasteiger partial charge < -0.3 is 20.6 Å². The predicted molar refractivity (Wildman–Crippen MR) is 130 cm³/mol. The van der Waals surface area contributed by atoms with Gasteiger partial charge in [0.1, 0.15) is 17.5 Å². The highest BCUT2D eigenvalue weighted by molar-refractivity contribution is 5.85. The zero-order chi connectivity index (χ0) is 25.8. The normalized spacial score (nSPS) is 25.4. The number of alkyl halides is 3. The summed E-state index contributed by atoms with van der Waals surface area (Å²) in [5.74, 6) is -4.08. The number of nitrogens with one attached hydrogen (secondary N) is 2. The van der Waals surface area contributed by atoms with Gasteiger partial charge in [0.05, 0.1) is 0 Å². The maximum Gasteiger partial charge on any atom is 0.326 e. The van der Waals surface area contributed by atoms with Crippen molar-refractivity contribution in [1.29, 1.82) is 0 Å². The van der Waals surface area contributed by atoms with Gasteiger partial charge in [0, 0.05) is 44.1 Å². The van der Waals surface area contributed by atoms with E-state index in [4.69, 9.17) is 0 Å². The average molecular weight is 511 g/mol. The molecule has 0 aromatic carbocycles. The van der Waals surface area contributed by atoms with Crippen LogP contribution in [0, 0.1) is 5.92 Å². The molecule has 1 unspecified atom stereocenters. The number of fused-ring (bicyclic) bond motifs is 1. The first-order chi connectivity index (χ1) is 17.1. The first-order valence-corrected chi connectivity index (χ1v) is 13.2. The number of hydrogen-bond acceptors (Lipinski definition) is 5. The number of carboxylic acids is 1. The first-order valence-electron chi connectivity index (χ1n) is 13.2. The number of aliphatic carboxylic acids is 1. The Hall–Kier alpha value is -2.36. The van der Waals surface area contributed by atoms with E-state index in [1.54, 1.807) is 0 Å². The Balaban J connectivity index is 1.25. The molecule has 4 rings (SSSR count). The lowest BCUT2D eigenvalue weighted by Gasteiger charge is -2.38. The number of aromatic nitrogens is 1. The molecule has 36 heavy (non-hydrogen) atoms. The Morgan fingerprint density at radius 2 is 1.97 bits per heavy atom. The fraction of sp³-hybridized carbons (Fsp3) is 0.731. The number of hydrogen-bond donors (Lipinski definition) is 3. The van der Waals surface area contributed by atoms with Gasteiger partial charge in [0.15, 0.2) is 0 Å². The molecule has 1 saturated carbocycles. The molecular formula is C26H37F3N4O3. The summed E-state index contributed by atoms with van der Waals surface area (Å²) in [4.78, 5) is 30.8. The minimum absolute atomic E-state index is 0.0524. The summed E-state index contributed by atoms with van der Waals surface area (Å²) in [5, 5.41) is 15.4. The van der Waals surface area contributed by atoms with E-state index in [1.165, 1.54) is 5.56 Å². The third-order valence-electron chi connectivity index (χ3n) is 7.82. The molecule has 200 valence electrons. The van der Waals surface area contributed by atoms with Crippen LogP contribution in [0.4, 0.5) is 19.0 Å². The Bertz CT molecular complexity index is 937. The number of anilines is 1. The van der Waals surface area contributed by atoms with Crippen LogP contribution in [0.25, 0.3) is 0 Å². The number of likely N-dealkylation sites (tertiary alicyclic amines) is 1. The van der Waals surface area contributed by atoms with Gasteiger partial charge in [-0.1, -0.05) is 6.07 Å². The third kappa shape index (κ3) is 7.11. The Labute approximate surface area is 210 Å². The Morgan fingerprint density at radius 1 is 1.19 bits per heavy atom. The lowest BCUT2D eigenvalue weighted by Crippen LogP contribution is -2.49. The summed E-state index contributed by atoms with van der Waals surface area (Å²) in [7, 11) is 0. The van der Waals surface area contributed by atoms with Gasteiger partial charge in [-0.3, -0.25) is 4.79 Å². The highest BCUT2D eigenvalue weighted by Gasteiger charge is 2.39. The summed E-state index contributed by atoms with van der Waals surface area (Å²) in [5.41, 5.74) is 0.690. The van der Waals surface area contributed by atoms with E-state index in [0.29, 0.717) is 38.8 Å². The molecule has 1 aromatic rings. The first kappa shape index (κ1) is 26.7. The van der Waals surface area contributed by atoms with Gasteiger partial charge >= 0.3 is 5.97 Å². The fourth-order valence-electron chi connectivity index (χ4n) is 5.59. The topological polar surface area (TPSA) is 94.6 Å². The number of nitrogens with zero attached hydrogens (tertiary/aromatic N) is 2. The molecule has 1 aromatic heterocycles. The number of halogens is 3. The highest BCUT2D eigenvalue weighted by atomic mass is 19.3. The second-order valence-electron chi connectivity index (χ2n) is 10.7. The smallest absolute Gasteiger partial charge is 0.326 e. The number of amides is 1. The SMILES string of the molecule is O=C(NC(CCN1CCC[C@@](F)(CCc2ccc3c(n2)NCCC3)C1)C(=O)O)C1CCC(F)(F)CC1. The van der Waals surface area contributed by atoms with Crippen LogP contribution in [-0.4, -0.2) is 70.7 Å². The predicted octanol–water partition coefficient (Wildman–Crippen LogP) is 3.96. The average Bonchev–Trinajstić information content (AvgIpc) is 2.85. The summed E-state index contributed by atoms with van der Waals surface area (Å²) in [6.45, 7) is 2.13. The van der Waals surface area contributed by atoms with E-state index < -0.39 is 35.4 Å². The van der Waals surface area contributed by atoms with Gasteiger partial charge in [0.2, 0.25) is 11.8 Å². The second-order valence-corrected chi connectivity index (χ2v) is 10.7. The molecule has 7 nitrogen and oxygen atoms in total. The van der Waals surface area contributed by atoms with Crippen molar-refractivity contribution in [2.45, 2.75) is 88.3 Å². The van der Waals surface area contributed by atoms with Crippen LogP contribution in [0.15, 0.2) is 12.1 Å². The molecule has 0 spiro atoms. The molecular weight excluding hydrogens is 473 g/mol. The van der Waals surface area contributed by atoms with Crippen LogP contribution in [-0.2, 0) is 22.4 Å². The van der Waals surface area contributed by atoms with Crippen LogP contribution >= 0.6 is 0 Å². The van der Waals surface area contributed by atoms with Crippen molar-refractivity contribution in [1.82, 2.24) is 15.2 Å². The van der Waals surface area contributed by atoms with Crippen LogP contribution < -0.4 is 10.6 Å². The number of carbonyl (C=O) groups excluding carboxylic acids is 1. The molecule has 10 heteroatoms. The number of piperidine rings is 1. The molecule has 3 aliphatic rings. The molecule has 3 heterocycles. The Morgan fingerprint density at radius 3 is 2.72 bits per heavy atom. The van der Waals surface area contributed by atoms with E-state index in [9.17, 15) is 23.5 Å². The molecule has 1 aliphatic carbocycles. The van der Waals surface area contributed by atoms with E-state index >= 15 is 4.39 Å². The second kappa shape index (κ2) is 11.4. The van der Waals surface area contributed by atoms with Crippen LogP contribution in [0.2, 0.25) is 0 Å². The van der Waals surface area contributed by atoms with E-state index in [1.807, 2.05) is 11.0 Å². The summed E-state index contributed by atoms with van der Waals surface area (Å²) in [6, 6.07) is 2.92. The third-order valence-corrected chi connectivity index (χ3v) is 7.82. The van der Waals surface area contributed by atoms with Crippen molar-refractivity contribution in [2.75, 3.05) is 31.5 Å². The maximum absolute atomic E-state index is 15.7. The zero-order valence-corrected chi connectivity index (χ0v) is 20.7. The number of aryl methyl sites for hydroxylation is 2. The largest absolute Gasteiger partial charge is 0.480 e. The zero-order valence-electron chi connectivity index (χ0n) is 20.7. The standard InChI is InChI=1S/C26H37F3N4O3/c27-25(11-8-20-5-4-18-3-1-14-30-22(18)31-20)10-2-15-33(17-25)16-9-21(24(35)36)32-23(34)19-6-12-26(28,29)13-7-19/h4-5,19,21H,1-3,6-17H2,(H,30,31)(H,32,34)(H,35,36)/t21?,25-/m1/s1. The van der Waals surface area contributed by atoms with E-state index in [0.717, 1.165) is 30.9 Å². The lowest BCUT2D eigenvalue weighted by atomic mass is 9.86. The van der Waals surface area contributed by atoms with Gasteiger partial charge in [-0.15, -0.1) is 0 Å². The van der Waals surface area contributed by atoms with Gasteiger partial charge in [-0.2, -0.15) is 0 Å². The highest BCUT2D eigenvalue weighted by Crippen LogP contribution is 2.36. The summed E-state index contributed by atoms with van der Waals surface area (Å²) >= 11 is 0. The number of rotatable bonds is 9. The fourth-order valence-corrected chi connectivity index (χ4v) is 5.59. The van der Waals surface area contributed by atoms with Crippen LogP contribution in [0.1, 0.15) is 69.0 Å². The van der Waals surface area contributed by atoms with Crippen molar-refractivity contribution < 1.29 is 27.9 Å². The minimum atomic E-state index is -2.75. The van der Waals surface area contributed by atoms with Crippen molar-refractivity contribution >= 4 is 17.7 Å². The van der Waals surface area contributed by atoms with Gasteiger partial charge in [-0.05, 0) is 76.0 Å². The van der Waals surface area contributed by atoms with Crippen molar-refractivity contribution in [2.24, 2.45) is 5.92 Å². The molecule has 0 bridgehead atoms. The molecule has 2 aliphatic heterocycles. The van der Waals surface area contributed by atoms with E-state index in [-0.39, 0.29) is 38.6 Å². The van der Waals surface area contributed by atoms with Crippen molar-refractivity contribution in [3.05, 3.63) is 23.4 Å². The van der Waals surface area contributed by atoms with Crippen molar-refractivity contribution in [3.8, 4) is 0 Å². The van der Waals surface area contributed by atoms with Crippen LogP contribution in [0.5, 0.6) is 0 Å². The molecule has 2 fully saturated rings. The summed E-state index contributed by atoms with van der Waals surface area (Å²) in [6.07, 6.45) is 3.64. The monoisotopic (exact) mass is 510 g/mol. The molecule has 3 N–H and O–H groups in total. The summed E-state index contributed by atoms with van der Waals surface area (Å²) < 4.78 is 42.5. The number of carbonyl (C=O) groups is 2. The quantitative estimate of drug-likeness (QED) is 0.466. The Kier molecular flexibility index (Phi) is 8.42. The lowest BCUT2D eigenvalue weighted by molar-refractivity contribution is -0.143. The minimum Gasteiger partial charge on any atom is -0.480 e. The van der Waals surface area contributed by atoms with Crippen LogP contribution in [0.3, 0.4) is 0 Å². The van der Waals surface area contributed by atoms with E-state index in [2.05, 4.69) is 21.7 Å². The molecule has 1 amide bonds. The van der Waals surface area contributed by atoms with Gasteiger partial charge in [0.25, 0.3) is 0 Å². The number of pyridine rings is 1. The van der Waals surface area contributed by atoms with Gasteiger partial charge in [-0.25, -0.2) is 22.9 Å². The maximum atomic E-state index is 15.7.